The topological polar surface area (TPSA) is 116 Å². The molecular weight excluding hydrogens is 344 g/mol. The highest BCUT2D eigenvalue weighted by atomic mass is 16.2. The second kappa shape index (κ2) is 6.91. The molecule has 8 nitrogen and oxygen atoms in total. The van der Waals surface area contributed by atoms with Crippen LogP contribution in [-0.4, -0.2) is 33.5 Å². The van der Waals surface area contributed by atoms with Crippen LogP contribution in [0.1, 0.15) is 12.2 Å². The number of nitrogens with zero attached hydrogens (tertiary/aromatic N) is 3. The molecule has 2 aromatic carbocycles. The molecule has 0 saturated carbocycles. The molecule has 1 aliphatic rings. The number of aromatic amines is 1. The summed E-state index contributed by atoms with van der Waals surface area (Å²) in [6.45, 7) is 0.235. The van der Waals surface area contributed by atoms with Gasteiger partial charge in [-0.2, -0.15) is 5.10 Å². The number of hydrazone groups is 1. The Morgan fingerprint density at radius 1 is 1.15 bits per heavy atom. The number of nitrogens with two attached hydrogens (primary N) is 1. The van der Waals surface area contributed by atoms with Crippen molar-refractivity contribution in [2.45, 2.75) is 19.0 Å². The number of nitrogens with one attached hydrogen (secondary N) is 2. The van der Waals surface area contributed by atoms with E-state index in [9.17, 15) is 9.59 Å². The van der Waals surface area contributed by atoms with Gasteiger partial charge in [-0.3, -0.25) is 14.6 Å². The third-order valence-corrected chi connectivity index (χ3v) is 4.38. The molecule has 1 aliphatic heterocycles. The van der Waals surface area contributed by atoms with E-state index in [-0.39, 0.29) is 24.6 Å². The fourth-order valence-corrected chi connectivity index (χ4v) is 3.04. The lowest BCUT2D eigenvalue weighted by Gasteiger charge is -2.20. The van der Waals surface area contributed by atoms with Crippen LogP contribution in [0, 0.1) is 0 Å². The van der Waals surface area contributed by atoms with Gasteiger partial charge in [-0.25, -0.2) is 4.98 Å². The van der Waals surface area contributed by atoms with E-state index in [2.05, 4.69) is 20.4 Å². The van der Waals surface area contributed by atoms with Gasteiger partial charge in [0.05, 0.1) is 23.3 Å². The molecule has 4 N–H and O–H groups in total. The molecule has 136 valence electrons. The number of amides is 2. The van der Waals surface area contributed by atoms with Crippen molar-refractivity contribution in [3.8, 4) is 0 Å². The van der Waals surface area contributed by atoms with E-state index in [0.717, 1.165) is 11.0 Å². The third-order valence-electron chi connectivity index (χ3n) is 4.38. The van der Waals surface area contributed by atoms with Crippen LogP contribution < -0.4 is 16.1 Å². The van der Waals surface area contributed by atoms with Crippen molar-refractivity contribution in [2.24, 2.45) is 10.8 Å². The second-order valence-corrected chi connectivity index (χ2v) is 6.23. The zero-order chi connectivity index (χ0) is 18.8. The van der Waals surface area contributed by atoms with Crippen LogP contribution in [0.4, 0.5) is 5.69 Å². The van der Waals surface area contributed by atoms with Gasteiger partial charge in [0.1, 0.15) is 17.6 Å². The number of carbonyl (C=O) groups excluding carboxylic acids is 2. The van der Waals surface area contributed by atoms with Crippen molar-refractivity contribution in [3.63, 3.8) is 0 Å². The first kappa shape index (κ1) is 16.8. The van der Waals surface area contributed by atoms with Crippen LogP contribution in [0.15, 0.2) is 59.7 Å². The van der Waals surface area contributed by atoms with Gasteiger partial charge >= 0.3 is 0 Å². The molecule has 27 heavy (non-hydrogen) atoms. The van der Waals surface area contributed by atoms with E-state index >= 15 is 0 Å². The summed E-state index contributed by atoms with van der Waals surface area (Å²) >= 11 is 0. The van der Waals surface area contributed by atoms with Crippen molar-refractivity contribution in [3.05, 3.63) is 60.4 Å². The van der Waals surface area contributed by atoms with Gasteiger partial charge in [-0.1, -0.05) is 30.3 Å². The number of primary amides is 1. The summed E-state index contributed by atoms with van der Waals surface area (Å²) in [6.07, 6.45) is 0.163. The zero-order valence-electron chi connectivity index (χ0n) is 14.4. The number of imidazole rings is 1. The quantitative estimate of drug-likeness (QED) is 0.634. The van der Waals surface area contributed by atoms with Crippen LogP contribution in [0.25, 0.3) is 11.0 Å². The molecule has 1 aromatic heterocycles. The van der Waals surface area contributed by atoms with E-state index in [1.807, 2.05) is 54.6 Å². The predicted octanol–water partition coefficient (Wildman–Crippen LogP) is 1.30. The van der Waals surface area contributed by atoms with Crippen molar-refractivity contribution in [1.29, 1.82) is 0 Å². The predicted molar refractivity (Wildman–Crippen MR) is 102 cm³/mol. The maximum atomic E-state index is 12.5. The molecule has 0 fully saturated rings. The molecule has 8 heteroatoms. The second-order valence-electron chi connectivity index (χ2n) is 6.23. The van der Waals surface area contributed by atoms with Crippen LogP contribution in [0.5, 0.6) is 0 Å². The summed E-state index contributed by atoms with van der Waals surface area (Å²) in [5.74, 6) is -0.225. The highest BCUT2D eigenvalue weighted by Gasteiger charge is 2.34. The normalized spacial score (nSPS) is 16.4. The highest BCUT2D eigenvalue weighted by molar-refractivity contribution is 6.40. The molecule has 0 spiro atoms. The SMILES string of the molecule is NC(=O)C1CC(C(=O)NCc2nc3ccccc3[nH]2)=NN1c1ccccc1. The average molecular weight is 362 g/mol. The Balaban J connectivity index is 1.48. The zero-order valence-corrected chi connectivity index (χ0v) is 14.4. The molecule has 0 bridgehead atoms. The maximum absolute atomic E-state index is 12.5. The standard InChI is InChI=1S/C19H18N6O2/c20-18(26)16-10-15(24-25(16)12-6-2-1-3-7-12)19(27)21-11-17-22-13-8-4-5-9-14(13)23-17/h1-9,16H,10-11H2,(H2,20,26)(H,21,27)(H,22,23). The Hall–Kier alpha value is -3.68. The van der Waals surface area contributed by atoms with E-state index in [1.165, 1.54) is 5.01 Å². The lowest BCUT2D eigenvalue weighted by Crippen LogP contribution is -2.39. The van der Waals surface area contributed by atoms with Gasteiger partial charge in [0, 0.05) is 6.42 Å². The molecule has 0 radical (unpaired) electrons. The lowest BCUT2D eigenvalue weighted by molar-refractivity contribution is -0.119. The number of rotatable bonds is 5. The monoisotopic (exact) mass is 362 g/mol. The van der Waals surface area contributed by atoms with Crippen molar-refractivity contribution in [1.82, 2.24) is 15.3 Å². The fourth-order valence-electron chi connectivity index (χ4n) is 3.04. The summed E-state index contributed by atoms with van der Waals surface area (Å²) in [4.78, 5) is 31.9. The van der Waals surface area contributed by atoms with Crippen LogP contribution >= 0.6 is 0 Å². The first-order valence-electron chi connectivity index (χ1n) is 8.55. The van der Waals surface area contributed by atoms with Gasteiger partial charge in [-0.05, 0) is 24.3 Å². The van der Waals surface area contributed by atoms with Crippen LogP contribution in [0.2, 0.25) is 0 Å². The number of aromatic nitrogens is 2. The van der Waals surface area contributed by atoms with E-state index < -0.39 is 11.9 Å². The largest absolute Gasteiger partial charge is 0.368 e. The molecule has 4 rings (SSSR count). The van der Waals surface area contributed by atoms with E-state index in [0.29, 0.717) is 11.5 Å². The van der Waals surface area contributed by atoms with Gasteiger partial charge in [-0.15, -0.1) is 0 Å². The molecular formula is C19H18N6O2. The van der Waals surface area contributed by atoms with Crippen molar-refractivity contribution in [2.75, 3.05) is 5.01 Å². The molecule has 1 atom stereocenters. The van der Waals surface area contributed by atoms with Gasteiger partial charge in [0.2, 0.25) is 5.91 Å². The number of anilines is 1. The first-order valence-corrected chi connectivity index (χ1v) is 8.55. The van der Waals surface area contributed by atoms with Gasteiger partial charge < -0.3 is 16.0 Å². The number of fused-ring (bicyclic) bond motifs is 1. The molecule has 1 unspecified atom stereocenters. The number of para-hydroxylation sites is 3. The van der Waals surface area contributed by atoms with Crippen molar-refractivity contribution < 1.29 is 9.59 Å². The third kappa shape index (κ3) is 3.37. The molecule has 2 heterocycles. The maximum Gasteiger partial charge on any atom is 0.267 e. The lowest BCUT2D eigenvalue weighted by atomic mass is 10.1. The Labute approximate surface area is 155 Å². The van der Waals surface area contributed by atoms with Crippen LogP contribution in [0.3, 0.4) is 0 Å². The van der Waals surface area contributed by atoms with Crippen LogP contribution in [-0.2, 0) is 16.1 Å². The summed E-state index contributed by atoms with van der Waals surface area (Å²) in [7, 11) is 0. The van der Waals surface area contributed by atoms with Crippen molar-refractivity contribution >= 4 is 34.2 Å². The minimum absolute atomic E-state index is 0.163. The highest BCUT2D eigenvalue weighted by Crippen LogP contribution is 2.24. The smallest absolute Gasteiger partial charge is 0.267 e. The minimum Gasteiger partial charge on any atom is -0.368 e. The fraction of sp³-hybridized carbons (Fsp3) is 0.158. The number of hydrogen-bond acceptors (Lipinski definition) is 5. The van der Waals surface area contributed by atoms with E-state index in [1.54, 1.807) is 0 Å². The van der Waals surface area contributed by atoms with E-state index in [4.69, 9.17) is 5.73 Å². The average Bonchev–Trinajstić information content (AvgIpc) is 3.31. The number of H-pyrrole nitrogens is 1. The Bertz CT molecular complexity index is 994. The Kier molecular flexibility index (Phi) is 4.29. The summed E-state index contributed by atoms with van der Waals surface area (Å²) in [6, 6.07) is 16.1. The van der Waals surface area contributed by atoms with Gasteiger partial charge in [0.25, 0.3) is 5.91 Å². The molecule has 2 amide bonds. The number of benzene rings is 2. The van der Waals surface area contributed by atoms with Gasteiger partial charge in [0.15, 0.2) is 0 Å². The Morgan fingerprint density at radius 2 is 1.89 bits per heavy atom. The summed E-state index contributed by atoms with van der Waals surface area (Å²) in [5.41, 5.74) is 8.21. The molecule has 0 saturated heterocycles. The first-order chi connectivity index (χ1) is 13.1. The Morgan fingerprint density at radius 3 is 2.63 bits per heavy atom. The summed E-state index contributed by atoms with van der Waals surface area (Å²) < 4.78 is 0. The number of hydrogen-bond donors (Lipinski definition) is 3. The minimum atomic E-state index is -0.681. The number of carbonyl (C=O) groups is 2. The summed E-state index contributed by atoms with van der Waals surface area (Å²) in [5, 5.41) is 8.61. The molecule has 0 aliphatic carbocycles. The molecule has 3 aromatic rings.